The maximum Gasteiger partial charge on any atom is 0.208 e. The number of hydrogen-bond donors (Lipinski definition) is 1. The first kappa shape index (κ1) is 14.0. The molecule has 0 atom stereocenters. The molecule has 3 rings (SSSR count). The van der Waals surface area contributed by atoms with Gasteiger partial charge in [0.2, 0.25) is 5.89 Å². The Bertz CT molecular complexity index is 690. The fourth-order valence-corrected chi connectivity index (χ4v) is 2.78. The van der Waals surface area contributed by atoms with Crippen LogP contribution in [0.1, 0.15) is 23.6 Å². The van der Waals surface area contributed by atoms with Crippen molar-refractivity contribution in [2.75, 3.05) is 0 Å². The van der Waals surface area contributed by atoms with Crippen molar-refractivity contribution in [1.82, 2.24) is 15.3 Å². The summed E-state index contributed by atoms with van der Waals surface area (Å²) >= 11 is 1.66. The summed E-state index contributed by atoms with van der Waals surface area (Å²) in [6.45, 7) is 3.40. The molecule has 0 aliphatic carbocycles. The van der Waals surface area contributed by atoms with E-state index in [1.807, 2.05) is 18.2 Å². The minimum absolute atomic E-state index is 0.625. The number of rotatable bonds is 6. The first-order valence-corrected chi connectivity index (χ1v) is 7.87. The number of nitrogens with zero attached hydrogens (tertiary/aromatic N) is 2. The van der Waals surface area contributed by atoms with Gasteiger partial charge in [0.15, 0.2) is 0 Å². The molecule has 0 spiro atoms. The first-order valence-electron chi connectivity index (χ1n) is 6.99. The smallest absolute Gasteiger partial charge is 0.208 e. The van der Waals surface area contributed by atoms with Crippen molar-refractivity contribution in [1.29, 1.82) is 0 Å². The monoisotopic (exact) mass is 299 g/mol. The van der Waals surface area contributed by atoms with E-state index in [4.69, 9.17) is 4.42 Å². The second-order valence-electron chi connectivity index (χ2n) is 4.67. The van der Waals surface area contributed by atoms with E-state index in [9.17, 15) is 0 Å². The van der Waals surface area contributed by atoms with Crippen LogP contribution in [0.25, 0.3) is 11.3 Å². The topological polar surface area (TPSA) is 51.0 Å². The van der Waals surface area contributed by atoms with E-state index in [1.54, 1.807) is 17.5 Å². The zero-order valence-electron chi connectivity index (χ0n) is 11.9. The maximum atomic E-state index is 5.55. The minimum Gasteiger partial charge on any atom is -0.444 e. The Balaban J connectivity index is 1.55. The molecule has 108 valence electrons. The van der Waals surface area contributed by atoms with Crippen LogP contribution < -0.4 is 5.32 Å². The van der Waals surface area contributed by atoms with Crippen LogP contribution in [0, 0.1) is 0 Å². The zero-order valence-corrected chi connectivity index (χ0v) is 12.7. The predicted molar refractivity (Wildman–Crippen MR) is 84.0 cm³/mol. The van der Waals surface area contributed by atoms with Crippen LogP contribution in [-0.2, 0) is 19.5 Å². The van der Waals surface area contributed by atoms with Crippen LogP contribution in [0.3, 0.4) is 0 Å². The Kier molecular flexibility index (Phi) is 4.43. The minimum atomic E-state index is 0.625. The van der Waals surface area contributed by atoms with Crippen molar-refractivity contribution in [3.8, 4) is 11.3 Å². The maximum absolute atomic E-state index is 5.55. The van der Waals surface area contributed by atoms with Gasteiger partial charge in [-0.3, -0.25) is 0 Å². The van der Waals surface area contributed by atoms with Crippen molar-refractivity contribution < 1.29 is 4.42 Å². The van der Waals surface area contributed by atoms with Gasteiger partial charge >= 0.3 is 0 Å². The second-order valence-corrected chi connectivity index (χ2v) is 5.61. The summed E-state index contributed by atoms with van der Waals surface area (Å²) < 4.78 is 5.55. The van der Waals surface area contributed by atoms with Crippen LogP contribution in [0.2, 0.25) is 0 Å². The van der Waals surface area contributed by atoms with Crippen molar-refractivity contribution in [3.63, 3.8) is 0 Å². The van der Waals surface area contributed by atoms with Crippen LogP contribution in [0.5, 0.6) is 0 Å². The number of nitrogens with one attached hydrogen (secondary N) is 1. The highest BCUT2D eigenvalue weighted by atomic mass is 32.1. The summed E-state index contributed by atoms with van der Waals surface area (Å²) in [5.41, 5.74) is 2.18. The van der Waals surface area contributed by atoms with E-state index in [0.29, 0.717) is 6.54 Å². The number of benzene rings is 1. The Morgan fingerprint density at radius 1 is 1.19 bits per heavy atom. The zero-order chi connectivity index (χ0) is 14.5. The van der Waals surface area contributed by atoms with E-state index in [1.165, 1.54) is 0 Å². The van der Waals surface area contributed by atoms with Crippen LogP contribution in [0.15, 0.2) is 46.3 Å². The molecule has 0 unspecified atom stereocenters. The van der Waals surface area contributed by atoms with Gasteiger partial charge in [-0.15, -0.1) is 11.3 Å². The molecule has 3 aromatic rings. The lowest BCUT2D eigenvalue weighted by atomic mass is 10.2. The number of aromatic nitrogens is 2. The molecular weight excluding hydrogens is 282 g/mol. The summed E-state index contributed by atoms with van der Waals surface area (Å²) in [5, 5.41) is 6.47. The summed E-state index contributed by atoms with van der Waals surface area (Å²) in [4.78, 5) is 8.86. The molecule has 21 heavy (non-hydrogen) atoms. The highest BCUT2D eigenvalue weighted by Gasteiger charge is 2.05. The highest BCUT2D eigenvalue weighted by molar-refractivity contribution is 7.09. The number of aryl methyl sites for hydroxylation is 1. The molecule has 1 aromatic carbocycles. The van der Waals surface area contributed by atoms with Crippen LogP contribution in [0.4, 0.5) is 0 Å². The molecule has 4 nitrogen and oxygen atoms in total. The van der Waals surface area contributed by atoms with Gasteiger partial charge in [-0.2, -0.15) is 0 Å². The van der Waals surface area contributed by atoms with Gasteiger partial charge in [0.1, 0.15) is 10.8 Å². The van der Waals surface area contributed by atoms with Gasteiger partial charge in [0.25, 0.3) is 0 Å². The van der Waals surface area contributed by atoms with E-state index in [2.05, 4.69) is 39.7 Å². The summed E-state index contributed by atoms with van der Waals surface area (Å²) in [5.74, 6) is 1.65. The summed E-state index contributed by atoms with van der Waals surface area (Å²) in [7, 11) is 0. The lowest BCUT2D eigenvalue weighted by molar-refractivity contribution is 0.439. The standard InChI is InChI=1S/C16H17N3OS/c1-2-13-8-18-15(20-13)9-17-10-16-19-14(11-21-16)12-6-4-3-5-7-12/h3-8,11,17H,2,9-10H2,1H3. The first-order chi connectivity index (χ1) is 10.3. The number of thiazole rings is 1. The van der Waals surface area contributed by atoms with Gasteiger partial charge < -0.3 is 9.73 Å². The number of hydrogen-bond acceptors (Lipinski definition) is 5. The van der Waals surface area contributed by atoms with Crippen molar-refractivity contribution >= 4 is 11.3 Å². The molecule has 0 amide bonds. The summed E-state index contributed by atoms with van der Waals surface area (Å²) in [6, 6.07) is 10.2. The molecule has 0 saturated carbocycles. The molecule has 2 heterocycles. The molecule has 5 heteroatoms. The Labute approximate surface area is 127 Å². The fraction of sp³-hybridized carbons (Fsp3) is 0.250. The third kappa shape index (κ3) is 3.56. The van der Waals surface area contributed by atoms with Gasteiger partial charge in [0, 0.05) is 23.9 Å². The van der Waals surface area contributed by atoms with Crippen molar-refractivity contribution in [3.05, 3.63) is 58.6 Å². The van der Waals surface area contributed by atoms with E-state index >= 15 is 0 Å². The lowest BCUT2D eigenvalue weighted by Crippen LogP contribution is -2.12. The molecule has 0 bridgehead atoms. The Morgan fingerprint density at radius 2 is 2.05 bits per heavy atom. The third-order valence-corrected chi connectivity index (χ3v) is 3.97. The van der Waals surface area contributed by atoms with Gasteiger partial charge in [0.05, 0.1) is 18.4 Å². The normalized spacial score (nSPS) is 10.9. The molecule has 0 aliphatic heterocycles. The SMILES string of the molecule is CCc1cnc(CNCc2nc(-c3ccccc3)cs2)o1. The highest BCUT2D eigenvalue weighted by Crippen LogP contribution is 2.21. The quantitative estimate of drug-likeness (QED) is 0.755. The predicted octanol–water partition coefficient (Wildman–Crippen LogP) is 3.65. The van der Waals surface area contributed by atoms with E-state index in [0.717, 1.165) is 40.9 Å². The van der Waals surface area contributed by atoms with Gasteiger partial charge in [-0.05, 0) is 0 Å². The second kappa shape index (κ2) is 6.65. The largest absolute Gasteiger partial charge is 0.444 e. The third-order valence-electron chi connectivity index (χ3n) is 3.12. The average Bonchev–Trinajstić information content (AvgIpc) is 3.17. The molecule has 0 aliphatic rings. The average molecular weight is 299 g/mol. The van der Waals surface area contributed by atoms with Crippen LogP contribution in [-0.4, -0.2) is 9.97 Å². The van der Waals surface area contributed by atoms with E-state index < -0.39 is 0 Å². The molecule has 0 saturated heterocycles. The van der Waals surface area contributed by atoms with E-state index in [-0.39, 0.29) is 0 Å². The van der Waals surface area contributed by atoms with Crippen molar-refractivity contribution in [2.45, 2.75) is 26.4 Å². The molecule has 0 radical (unpaired) electrons. The Hall–Kier alpha value is -1.98. The Morgan fingerprint density at radius 3 is 2.81 bits per heavy atom. The molecule has 2 aromatic heterocycles. The fourth-order valence-electron chi connectivity index (χ4n) is 2.00. The number of oxazole rings is 1. The molecular formula is C16H17N3OS. The van der Waals surface area contributed by atoms with Crippen molar-refractivity contribution in [2.24, 2.45) is 0 Å². The lowest BCUT2D eigenvalue weighted by Gasteiger charge is -1.98. The molecule has 1 N–H and O–H groups in total. The molecule has 0 fully saturated rings. The van der Waals surface area contributed by atoms with Gasteiger partial charge in [-0.1, -0.05) is 37.3 Å². The summed E-state index contributed by atoms with van der Waals surface area (Å²) in [6.07, 6.45) is 2.66. The van der Waals surface area contributed by atoms with Gasteiger partial charge in [-0.25, -0.2) is 9.97 Å². The van der Waals surface area contributed by atoms with Crippen LogP contribution >= 0.6 is 11.3 Å².